The first-order valence-corrected chi connectivity index (χ1v) is 10.8. The Balaban J connectivity index is 0.00000676. The minimum absolute atomic E-state index is 0. The Bertz CT molecular complexity index is 659. The van der Waals surface area contributed by atoms with Crippen LogP contribution in [0, 0.1) is 0 Å². The molecule has 10 heteroatoms. The van der Waals surface area contributed by atoms with Crippen LogP contribution < -0.4 is 10.6 Å². The van der Waals surface area contributed by atoms with Gasteiger partial charge in [-0.15, -0.1) is 24.0 Å². The van der Waals surface area contributed by atoms with Crippen LogP contribution in [0.15, 0.2) is 15.6 Å². The second-order valence-electron chi connectivity index (χ2n) is 6.16. The zero-order valence-electron chi connectivity index (χ0n) is 17.0. The molecule has 0 radical (unpaired) electrons. The first-order chi connectivity index (χ1) is 12.4. The Labute approximate surface area is 180 Å². The Morgan fingerprint density at radius 1 is 1.30 bits per heavy atom. The molecule has 1 aromatic heterocycles. The van der Waals surface area contributed by atoms with Crippen LogP contribution in [0.1, 0.15) is 57.4 Å². The number of rotatable bonds is 11. The van der Waals surface area contributed by atoms with Crippen molar-refractivity contribution in [1.82, 2.24) is 20.1 Å². The zero-order chi connectivity index (χ0) is 19.6. The summed E-state index contributed by atoms with van der Waals surface area (Å²) >= 11 is 0. The molecule has 0 fully saturated rings. The molecule has 0 aliphatic carbocycles. The van der Waals surface area contributed by atoms with Crippen molar-refractivity contribution in [2.24, 2.45) is 4.99 Å². The van der Waals surface area contributed by atoms with Crippen molar-refractivity contribution in [2.75, 3.05) is 32.9 Å². The fourth-order valence-electron chi connectivity index (χ4n) is 2.57. The summed E-state index contributed by atoms with van der Waals surface area (Å²) in [5.74, 6) is 1.97. The van der Waals surface area contributed by atoms with Crippen LogP contribution in [0.5, 0.6) is 0 Å². The first kappa shape index (κ1) is 26.1. The summed E-state index contributed by atoms with van der Waals surface area (Å²) in [7, 11) is 0.178. The molecular weight excluding hydrogens is 481 g/mol. The number of hydrogen-bond donors (Lipinski definition) is 2. The van der Waals surface area contributed by atoms with Gasteiger partial charge >= 0.3 is 0 Å². The molecular formula is C17H34IN5O3S. The van der Waals surface area contributed by atoms with Crippen molar-refractivity contribution in [3.8, 4) is 0 Å². The molecule has 0 amide bonds. The van der Waals surface area contributed by atoms with Crippen LogP contribution in [-0.4, -0.2) is 56.8 Å². The van der Waals surface area contributed by atoms with E-state index >= 15 is 0 Å². The van der Waals surface area contributed by atoms with Crippen LogP contribution in [0.4, 0.5) is 0 Å². The maximum absolute atomic E-state index is 11.7. The molecule has 0 saturated carbocycles. The van der Waals surface area contributed by atoms with Crippen molar-refractivity contribution >= 4 is 40.0 Å². The predicted octanol–water partition coefficient (Wildman–Crippen LogP) is 2.53. The predicted molar refractivity (Wildman–Crippen MR) is 120 cm³/mol. The molecule has 158 valence electrons. The molecule has 0 spiro atoms. The van der Waals surface area contributed by atoms with Gasteiger partial charge in [0.2, 0.25) is 10.0 Å². The lowest BCUT2D eigenvalue weighted by Crippen LogP contribution is -2.38. The van der Waals surface area contributed by atoms with E-state index in [2.05, 4.69) is 34.6 Å². The molecule has 0 atom stereocenters. The molecule has 2 N–H and O–H groups in total. The average Bonchev–Trinajstić information content (AvgIpc) is 3.10. The number of hydrogen-bond acceptors (Lipinski definition) is 5. The SMILES string of the molecule is CCC(CC)c1cc(CNC(=NC)NCCCN(C)S(=O)(=O)CC)on1.I. The highest BCUT2D eigenvalue weighted by atomic mass is 127. The number of nitrogens with zero attached hydrogens (tertiary/aromatic N) is 3. The summed E-state index contributed by atoms with van der Waals surface area (Å²) < 4.78 is 30.1. The van der Waals surface area contributed by atoms with Crippen LogP contribution in [0.3, 0.4) is 0 Å². The van der Waals surface area contributed by atoms with Gasteiger partial charge in [-0.05, 0) is 26.2 Å². The largest absolute Gasteiger partial charge is 0.359 e. The fourth-order valence-corrected chi connectivity index (χ4v) is 3.42. The fraction of sp³-hybridized carbons (Fsp3) is 0.765. The molecule has 1 aromatic rings. The van der Waals surface area contributed by atoms with Crippen molar-refractivity contribution in [2.45, 2.75) is 52.5 Å². The molecule has 0 aromatic carbocycles. The van der Waals surface area contributed by atoms with Gasteiger partial charge in [0.25, 0.3) is 0 Å². The molecule has 0 aliphatic rings. The lowest BCUT2D eigenvalue weighted by Gasteiger charge is -2.16. The highest BCUT2D eigenvalue weighted by Crippen LogP contribution is 2.22. The Morgan fingerprint density at radius 2 is 1.96 bits per heavy atom. The standard InChI is InChI=1S/C17H33N5O3S.HI/c1-6-14(7-2)16-12-15(25-21-16)13-20-17(18-4)19-10-9-11-22(5)26(23,24)8-3;/h12,14H,6-11,13H2,1-5H3,(H2,18,19,20);1H. The number of nitrogens with one attached hydrogen (secondary N) is 2. The third kappa shape index (κ3) is 8.77. The average molecular weight is 515 g/mol. The van der Waals surface area contributed by atoms with Gasteiger partial charge in [0, 0.05) is 39.2 Å². The summed E-state index contributed by atoms with van der Waals surface area (Å²) in [6.45, 7) is 7.54. The van der Waals surface area contributed by atoms with Crippen LogP contribution in [-0.2, 0) is 16.6 Å². The molecule has 0 unspecified atom stereocenters. The topological polar surface area (TPSA) is 99.8 Å². The van der Waals surface area contributed by atoms with E-state index in [1.54, 1.807) is 21.0 Å². The van der Waals surface area contributed by atoms with E-state index in [1.165, 1.54) is 4.31 Å². The summed E-state index contributed by atoms with van der Waals surface area (Å²) in [4.78, 5) is 4.16. The molecule has 0 saturated heterocycles. The van der Waals surface area contributed by atoms with Gasteiger partial charge in [0.1, 0.15) is 0 Å². The monoisotopic (exact) mass is 515 g/mol. The van der Waals surface area contributed by atoms with Crippen LogP contribution in [0.25, 0.3) is 0 Å². The second-order valence-corrected chi connectivity index (χ2v) is 8.52. The van der Waals surface area contributed by atoms with Crippen molar-refractivity contribution in [3.63, 3.8) is 0 Å². The normalized spacial score (nSPS) is 12.3. The highest BCUT2D eigenvalue weighted by Gasteiger charge is 2.14. The summed E-state index contributed by atoms with van der Waals surface area (Å²) in [6.07, 6.45) is 2.78. The van der Waals surface area contributed by atoms with Crippen LogP contribution in [0.2, 0.25) is 0 Å². The van der Waals surface area contributed by atoms with E-state index in [0.29, 0.717) is 37.9 Å². The number of halogens is 1. The third-order valence-electron chi connectivity index (χ3n) is 4.42. The maximum Gasteiger partial charge on any atom is 0.213 e. The van der Waals surface area contributed by atoms with E-state index < -0.39 is 10.0 Å². The minimum Gasteiger partial charge on any atom is -0.359 e. The summed E-state index contributed by atoms with van der Waals surface area (Å²) in [6, 6.07) is 1.99. The third-order valence-corrected chi connectivity index (χ3v) is 6.28. The smallest absolute Gasteiger partial charge is 0.213 e. The Morgan fingerprint density at radius 3 is 2.52 bits per heavy atom. The van der Waals surface area contributed by atoms with Crippen molar-refractivity contribution in [3.05, 3.63) is 17.5 Å². The van der Waals surface area contributed by atoms with E-state index in [4.69, 9.17) is 4.52 Å². The van der Waals surface area contributed by atoms with Gasteiger partial charge in [-0.2, -0.15) is 0 Å². The van der Waals surface area contributed by atoms with Gasteiger partial charge in [-0.1, -0.05) is 19.0 Å². The first-order valence-electron chi connectivity index (χ1n) is 9.21. The van der Waals surface area contributed by atoms with Gasteiger partial charge in [0.15, 0.2) is 11.7 Å². The maximum atomic E-state index is 11.7. The van der Waals surface area contributed by atoms with E-state index in [1.807, 2.05) is 6.07 Å². The molecule has 8 nitrogen and oxygen atoms in total. The van der Waals surface area contributed by atoms with Crippen LogP contribution >= 0.6 is 24.0 Å². The number of aromatic nitrogens is 1. The molecule has 0 bridgehead atoms. The van der Waals surface area contributed by atoms with Crippen molar-refractivity contribution in [1.29, 1.82) is 0 Å². The quantitative estimate of drug-likeness (QED) is 0.203. The molecule has 0 aliphatic heterocycles. The number of aliphatic imine (C=N–C) groups is 1. The summed E-state index contributed by atoms with van der Waals surface area (Å²) in [5.41, 5.74) is 0.995. The zero-order valence-corrected chi connectivity index (χ0v) is 20.1. The van der Waals surface area contributed by atoms with E-state index in [9.17, 15) is 8.42 Å². The molecule has 27 heavy (non-hydrogen) atoms. The Hall–Kier alpha value is -0.880. The van der Waals surface area contributed by atoms with Gasteiger partial charge < -0.3 is 15.2 Å². The lowest BCUT2D eigenvalue weighted by atomic mass is 9.99. The van der Waals surface area contributed by atoms with E-state index in [-0.39, 0.29) is 29.7 Å². The van der Waals surface area contributed by atoms with E-state index in [0.717, 1.165) is 24.3 Å². The minimum atomic E-state index is -3.12. The molecule has 1 heterocycles. The number of sulfonamides is 1. The molecule has 1 rings (SSSR count). The summed E-state index contributed by atoms with van der Waals surface area (Å²) in [5, 5.41) is 10.5. The second kappa shape index (κ2) is 13.3. The Kier molecular flexibility index (Phi) is 12.9. The highest BCUT2D eigenvalue weighted by molar-refractivity contribution is 14.0. The van der Waals surface area contributed by atoms with Gasteiger partial charge in [0.05, 0.1) is 18.0 Å². The van der Waals surface area contributed by atoms with Gasteiger partial charge in [-0.3, -0.25) is 4.99 Å². The number of guanidine groups is 1. The van der Waals surface area contributed by atoms with Crippen molar-refractivity contribution < 1.29 is 12.9 Å². The lowest BCUT2D eigenvalue weighted by molar-refractivity contribution is 0.368. The van der Waals surface area contributed by atoms with Gasteiger partial charge in [-0.25, -0.2) is 12.7 Å².